The van der Waals surface area contributed by atoms with Crippen LogP contribution in [0, 0.1) is 0 Å². The van der Waals surface area contributed by atoms with Gasteiger partial charge in [-0.25, -0.2) is 4.98 Å². The Labute approximate surface area is 102 Å². The molecule has 0 aromatic carbocycles. The van der Waals surface area contributed by atoms with Crippen molar-refractivity contribution in [2.75, 3.05) is 20.1 Å². The average molecular weight is 239 g/mol. The molecule has 0 saturated carbocycles. The van der Waals surface area contributed by atoms with Crippen molar-refractivity contribution in [3.05, 3.63) is 16.6 Å². The van der Waals surface area contributed by atoms with Gasteiger partial charge in [0.1, 0.15) is 0 Å². The van der Waals surface area contributed by atoms with Crippen LogP contribution in [0.15, 0.2) is 10.9 Å². The molecule has 1 atom stereocenters. The Balaban J connectivity index is 1.88. The molecule has 1 fully saturated rings. The maximum absolute atomic E-state index is 4.39. The van der Waals surface area contributed by atoms with E-state index in [-0.39, 0.29) is 0 Å². The van der Waals surface area contributed by atoms with Crippen molar-refractivity contribution in [2.45, 2.75) is 38.3 Å². The van der Waals surface area contributed by atoms with Gasteiger partial charge in [0.25, 0.3) is 0 Å². The van der Waals surface area contributed by atoms with E-state index < -0.39 is 0 Å². The first kappa shape index (κ1) is 12.0. The van der Waals surface area contributed by atoms with E-state index in [1.54, 1.807) is 11.3 Å². The van der Waals surface area contributed by atoms with E-state index >= 15 is 0 Å². The number of piperidine rings is 1. The second kappa shape index (κ2) is 6.33. The third-order valence-corrected chi connectivity index (χ3v) is 3.96. The molecule has 1 aliphatic heterocycles. The number of nitrogens with one attached hydrogen (secondary N) is 1. The molecular formula is C12H21N3S. The number of hydrogen-bond donors (Lipinski definition) is 1. The highest BCUT2D eigenvalue weighted by Crippen LogP contribution is 2.21. The zero-order valence-corrected chi connectivity index (χ0v) is 10.8. The van der Waals surface area contributed by atoms with E-state index in [0.717, 1.165) is 19.1 Å². The van der Waals surface area contributed by atoms with Gasteiger partial charge in [-0.2, -0.15) is 0 Å². The first-order valence-corrected chi connectivity index (χ1v) is 7.10. The normalized spacial score (nSPS) is 22.4. The second-order valence-electron chi connectivity index (χ2n) is 4.49. The van der Waals surface area contributed by atoms with Crippen molar-refractivity contribution in [1.82, 2.24) is 15.2 Å². The number of rotatable bonds is 5. The summed E-state index contributed by atoms with van der Waals surface area (Å²) in [6, 6.07) is 0.753. The molecular weight excluding hydrogens is 218 g/mol. The molecule has 16 heavy (non-hydrogen) atoms. The van der Waals surface area contributed by atoms with Crippen molar-refractivity contribution >= 4 is 11.3 Å². The molecule has 2 heterocycles. The Morgan fingerprint density at radius 1 is 1.56 bits per heavy atom. The van der Waals surface area contributed by atoms with Gasteiger partial charge in [-0.1, -0.05) is 6.42 Å². The van der Waals surface area contributed by atoms with Crippen LogP contribution in [0.25, 0.3) is 0 Å². The lowest BCUT2D eigenvalue weighted by atomic mass is 9.99. The Morgan fingerprint density at radius 2 is 2.50 bits per heavy atom. The molecule has 0 bridgehead atoms. The van der Waals surface area contributed by atoms with Gasteiger partial charge in [0.15, 0.2) is 0 Å². The molecule has 1 saturated heterocycles. The van der Waals surface area contributed by atoms with Crippen molar-refractivity contribution < 1.29 is 0 Å². The molecule has 4 heteroatoms. The van der Waals surface area contributed by atoms with Crippen molar-refractivity contribution in [2.24, 2.45) is 0 Å². The zero-order chi connectivity index (χ0) is 11.2. The Bertz CT molecular complexity index is 286. The minimum atomic E-state index is 0.753. The molecule has 1 unspecified atom stereocenters. The van der Waals surface area contributed by atoms with Crippen LogP contribution in [0.4, 0.5) is 0 Å². The zero-order valence-electron chi connectivity index (χ0n) is 9.98. The summed E-state index contributed by atoms with van der Waals surface area (Å²) in [5.41, 5.74) is 3.17. The lowest BCUT2D eigenvalue weighted by Crippen LogP contribution is -2.40. The van der Waals surface area contributed by atoms with Crippen LogP contribution in [0.5, 0.6) is 0 Å². The number of aromatic nitrogens is 1. The van der Waals surface area contributed by atoms with Crippen LogP contribution in [-0.4, -0.2) is 36.1 Å². The standard InChI is InChI=1S/C12H21N3S/c1-13-6-5-12-4-2-3-7-15(12)8-11-9-16-10-14-11/h9-10,12-13H,2-8H2,1H3. The summed E-state index contributed by atoms with van der Waals surface area (Å²) in [6.45, 7) is 3.40. The van der Waals surface area contributed by atoms with Crippen LogP contribution < -0.4 is 5.32 Å². The molecule has 1 N–H and O–H groups in total. The molecule has 0 radical (unpaired) electrons. The van der Waals surface area contributed by atoms with Gasteiger partial charge in [-0.05, 0) is 39.4 Å². The fourth-order valence-electron chi connectivity index (χ4n) is 2.43. The van der Waals surface area contributed by atoms with Gasteiger partial charge in [-0.15, -0.1) is 11.3 Å². The molecule has 1 aliphatic rings. The topological polar surface area (TPSA) is 28.2 Å². The lowest BCUT2D eigenvalue weighted by molar-refractivity contribution is 0.131. The number of likely N-dealkylation sites (tertiary alicyclic amines) is 1. The largest absolute Gasteiger partial charge is 0.320 e. The smallest absolute Gasteiger partial charge is 0.0795 e. The Hall–Kier alpha value is -0.450. The van der Waals surface area contributed by atoms with E-state index in [0.29, 0.717) is 0 Å². The number of thiazole rings is 1. The molecule has 1 aromatic heterocycles. The van der Waals surface area contributed by atoms with Gasteiger partial charge in [0.2, 0.25) is 0 Å². The summed E-state index contributed by atoms with van der Waals surface area (Å²) in [4.78, 5) is 6.99. The van der Waals surface area contributed by atoms with Gasteiger partial charge >= 0.3 is 0 Å². The first-order chi connectivity index (χ1) is 7.90. The highest BCUT2D eigenvalue weighted by molar-refractivity contribution is 7.07. The number of nitrogens with zero attached hydrogens (tertiary/aromatic N) is 2. The van der Waals surface area contributed by atoms with Crippen LogP contribution in [-0.2, 0) is 6.54 Å². The fourth-order valence-corrected chi connectivity index (χ4v) is 2.98. The van der Waals surface area contributed by atoms with Gasteiger partial charge in [0.05, 0.1) is 11.2 Å². The fraction of sp³-hybridized carbons (Fsp3) is 0.750. The predicted octanol–water partition coefficient (Wildman–Crippen LogP) is 2.11. The molecule has 3 nitrogen and oxygen atoms in total. The Morgan fingerprint density at radius 3 is 3.25 bits per heavy atom. The summed E-state index contributed by atoms with van der Waals surface area (Å²) < 4.78 is 0. The molecule has 0 amide bonds. The van der Waals surface area contributed by atoms with Crippen molar-refractivity contribution in [3.8, 4) is 0 Å². The predicted molar refractivity (Wildman–Crippen MR) is 68.7 cm³/mol. The number of hydrogen-bond acceptors (Lipinski definition) is 4. The molecule has 0 aliphatic carbocycles. The molecule has 2 rings (SSSR count). The third kappa shape index (κ3) is 3.27. The summed E-state index contributed by atoms with van der Waals surface area (Å²) in [7, 11) is 2.04. The van der Waals surface area contributed by atoms with Crippen molar-refractivity contribution in [3.63, 3.8) is 0 Å². The highest BCUT2D eigenvalue weighted by Gasteiger charge is 2.22. The van der Waals surface area contributed by atoms with E-state index in [9.17, 15) is 0 Å². The maximum Gasteiger partial charge on any atom is 0.0795 e. The van der Waals surface area contributed by atoms with Crippen molar-refractivity contribution in [1.29, 1.82) is 0 Å². The van der Waals surface area contributed by atoms with Crippen LogP contribution in [0.3, 0.4) is 0 Å². The Kier molecular flexibility index (Phi) is 4.75. The summed E-state index contributed by atoms with van der Waals surface area (Å²) >= 11 is 1.70. The van der Waals surface area contributed by atoms with E-state index in [4.69, 9.17) is 0 Å². The monoisotopic (exact) mass is 239 g/mol. The van der Waals surface area contributed by atoms with Crippen LogP contribution in [0.2, 0.25) is 0 Å². The summed E-state index contributed by atoms with van der Waals surface area (Å²) in [6.07, 6.45) is 5.36. The second-order valence-corrected chi connectivity index (χ2v) is 5.21. The third-order valence-electron chi connectivity index (χ3n) is 3.33. The quantitative estimate of drug-likeness (QED) is 0.853. The minimum absolute atomic E-state index is 0.753. The van der Waals surface area contributed by atoms with E-state index in [1.807, 2.05) is 12.6 Å². The van der Waals surface area contributed by atoms with E-state index in [2.05, 4.69) is 20.6 Å². The lowest BCUT2D eigenvalue weighted by Gasteiger charge is -2.35. The van der Waals surface area contributed by atoms with Gasteiger partial charge in [0, 0.05) is 18.0 Å². The SMILES string of the molecule is CNCCC1CCCCN1Cc1cscn1. The molecule has 90 valence electrons. The first-order valence-electron chi connectivity index (χ1n) is 6.16. The average Bonchev–Trinajstić information content (AvgIpc) is 2.81. The van der Waals surface area contributed by atoms with Crippen LogP contribution in [0.1, 0.15) is 31.4 Å². The maximum atomic E-state index is 4.39. The van der Waals surface area contributed by atoms with Gasteiger partial charge < -0.3 is 5.32 Å². The van der Waals surface area contributed by atoms with Crippen LogP contribution >= 0.6 is 11.3 Å². The molecule has 0 spiro atoms. The minimum Gasteiger partial charge on any atom is -0.320 e. The summed E-state index contributed by atoms with van der Waals surface area (Å²) in [5.74, 6) is 0. The highest BCUT2D eigenvalue weighted by atomic mass is 32.1. The van der Waals surface area contributed by atoms with Gasteiger partial charge in [-0.3, -0.25) is 4.90 Å². The summed E-state index contributed by atoms with van der Waals surface area (Å²) in [5, 5.41) is 5.42. The molecule has 1 aromatic rings. The van der Waals surface area contributed by atoms with E-state index in [1.165, 1.54) is 37.9 Å².